The predicted molar refractivity (Wildman–Crippen MR) is 108 cm³/mol. The molecule has 0 unspecified atom stereocenters. The van der Waals surface area contributed by atoms with Crippen molar-refractivity contribution in [1.29, 1.82) is 0 Å². The second kappa shape index (κ2) is 8.46. The maximum Gasteiger partial charge on any atom is 0.411 e. The summed E-state index contributed by atoms with van der Waals surface area (Å²) in [4.78, 5) is 26.3. The highest BCUT2D eigenvalue weighted by Gasteiger charge is 2.37. The summed E-state index contributed by atoms with van der Waals surface area (Å²) in [6, 6.07) is 17.5. The smallest absolute Gasteiger partial charge is 0.411 e. The van der Waals surface area contributed by atoms with Gasteiger partial charge in [0.25, 0.3) is 0 Å². The van der Waals surface area contributed by atoms with Crippen molar-refractivity contribution < 1.29 is 19.1 Å². The van der Waals surface area contributed by atoms with Crippen LogP contribution in [0.2, 0.25) is 0 Å². The van der Waals surface area contributed by atoms with Gasteiger partial charge in [-0.1, -0.05) is 54.6 Å². The van der Waals surface area contributed by atoms with Crippen LogP contribution in [0.4, 0.5) is 4.79 Å². The molecular formula is C23H27NO4. The van der Waals surface area contributed by atoms with E-state index < -0.39 is 17.7 Å². The van der Waals surface area contributed by atoms with E-state index in [2.05, 4.69) is 12.1 Å². The average molecular weight is 381 g/mol. The summed E-state index contributed by atoms with van der Waals surface area (Å²) in [6.07, 6.45) is 0.912. The van der Waals surface area contributed by atoms with Crippen molar-refractivity contribution in [1.82, 2.24) is 4.90 Å². The fraction of sp³-hybridized carbons (Fsp3) is 0.391. The van der Waals surface area contributed by atoms with Gasteiger partial charge in [-0.2, -0.15) is 0 Å². The number of hydrogen-bond acceptors (Lipinski definition) is 4. The lowest BCUT2D eigenvalue weighted by atomic mass is 10.0. The number of esters is 1. The largest absolute Gasteiger partial charge is 0.459 e. The first-order valence-corrected chi connectivity index (χ1v) is 9.64. The number of carbonyl (C=O) groups is 2. The molecule has 3 rings (SSSR count). The lowest BCUT2D eigenvalue weighted by Gasteiger charge is -2.27. The van der Waals surface area contributed by atoms with Gasteiger partial charge in [0, 0.05) is 6.54 Å². The van der Waals surface area contributed by atoms with Crippen molar-refractivity contribution >= 4 is 12.1 Å². The summed E-state index contributed by atoms with van der Waals surface area (Å²) in [5.74, 6) is -0.379. The van der Waals surface area contributed by atoms with Gasteiger partial charge in [0.05, 0.1) is 0 Å². The number of hydrogen-bond donors (Lipinski definition) is 0. The number of nitrogens with zero attached hydrogens (tertiary/aromatic N) is 1. The Morgan fingerprint density at radius 3 is 2.29 bits per heavy atom. The van der Waals surface area contributed by atoms with E-state index in [-0.39, 0.29) is 12.6 Å². The van der Waals surface area contributed by atoms with Crippen molar-refractivity contribution in [2.24, 2.45) is 0 Å². The lowest BCUT2D eigenvalue weighted by molar-refractivity contribution is -0.150. The van der Waals surface area contributed by atoms with E-state index in [9.17, 15) is 9.59 Å². The monoisotopic (exact) mass is 381 g/mol. The van der Waals surface area contributed by atoms with E-state index in [1.807, 2.05) is 63.2 Å². The van der Waals surface area contributed by atoms with Crippen LogP contribution in [0.3, 0.4) is 0 Å². The van der Waals surface area contributed by atoms with Crippen LogP contribution in [0.5, 0.6) is 0 Å². The third kappa shape index (κ3) is 5.12. The van der Waals surface area contributed by atoms with E-state index in [0.717, 1.165) is 23.1 Å². The predicted octanol–water partition coefficient (Wildman–Crippen LogP) is 4.80. The molecule has 0 aromatic heterocycles. The first-order chi connectivity index (χ1) is 13.3. The highest BCUT2D eigenvalue weighted by molar-refractivity contribution is 5.82. The molecule has 1 aliphatic rings. The molecule has 0 spiro atoms. The Morgan fingerprint density at radius 2 is 1.64 bits per heavy atom. The van der Waals surface area contributed by atoms with E-state index in [1.165, 1.54) is 4.90 Å². The normalized spacial score (nSPS) is 16.7. The Balaban J connectivity index is 1.57. The summed E-state index contributed by atoms with van der Waals surface area (Å²) in [5.41, 5.74) is 2.58. The zero-order valence-electron chi connectivity index (χ0n) is 16.7. The molecule has 2 aromatic rings. The molecule has 0 saturated carbocycles. The van der Waals surface area contributed by atoms with Gasteiger partial charge in [-0.25, -0.2) is 9.59 Å². The molecule has 2 aromatic carbocycles. The van der Waals surface area contributed by atoms with Gasteiger partial charge < -0.3 is 9.47 Å². The molecule has 5 heteroatoms. The molecule has 1 aliphatic heterocycles. The highest BCUT2D eigenvalue weighted by Crippen LogP contribution is 2.23. The van der Waals surface area contributed by atoms with Crippen molar-refractivity contribution in [3.05, 3.63) is 60.2 Å². The quantitative estimate of drug-likeness (QED) is 0.714. The molecule has 1 saturated heterocycles. The van der Waals surface area contributed by atoms with Crippen LogP contribution in [-0.4, -0.2) is 35.2 Å². The van der Waals surface area contributed by atoms with Crippen LogP contribution in [-0.2, 0) is 20.9 Å². The van der Waals surface area contributed by atoms with Crippen LogP contribution in [0.15, 0.2) is 54.6 Å². The Kier molecular flexibility index (Phi) is 6.02. The molecule has 5 nitrogen and oxygen atoms in total. The molecule has 1 fully saturated rings. The molecule has 0 radical (unpaired) electrons. The number of rotatable bonds is 4. The van der Waals surface area contributed by atoms with Gasteiger partial charge in [-0.15, -0.1) is 0 Å². The van der Waals surface area contributed by atoms with E-state index in [4.69, 9.17) is 9.47 Å². The summed E-state index contributed by atoms with van der Waals surface area (Å²) < 4.78 is 10.9. The number of ether oxygens (including phenoxy) is 2. The first kappa shape index (κ1) is 19.9. The second-order valence-corrected chi connectivity index (χ2v) is 8.00. The standard InChI is InChI=1S/C23H27NO4/c1-23(2,3)28-22(26)24-15-7-10-20(24)21(25)27-16-17-11-13-19(14-12-17)18-8-5-4-6-9-18/h4-6,8-9,11-14,20H,7,10,15-16H2,1-3H3/t20-/m0/s1. The number of likely N-dealkylation sites (tertiary alicyclic amines) is 1. The molecule has 0 bridgehead atoms. The summed E-state index contributed by atoms with van der Waals surface area (Å²) in [6.45, 7) is 6.14. The first-order valence-electron chi connectivity index (χ1n) is 9.64. The third-order valence-corrected chi connectivity index (χ3v) is 4.60. The summed E-state index contributed by atoms with van der Waals surface area (Å²) in [5, 5.41) is 0. The minimum atomic E-state index is -0.589. The van der Waals surface area contributed by atoms with Crippen molar-refractivity contribution in [2.45, 2.75) is 51.9 Å². The molecule has 148 valence electrons. The zero-order valence-corrected chi connectivity index (χ0v) is 16.7. The molecule has 1 heterocycles. The van der Waals surface area contributed by atoms with Gasteiger partial charge in [0.15, 0.2) is 0 Å². The molecule has 28 heavy (non-hydrogen) atoms. The van der Waals surface area contributed by atoms with Crippen molar-refractivity contribution in [3.63, 3.8) is 0 Å². The minimum absolute atomic E-state index is 0.187. The molecule has 1 atom stereocenters. The van der Waals surface area contributed by atoms with Crippen LogP contribution in [0.1, 0.15) is 39.2 Å². The van der Waals surface area contributed by atoms with Crippen LogP contribution >= 0.6 is 0 Å². The fourth-order valence-corrected chi connectivity index (χ4v) is 3.23. The maximum atomic E-state index is 12.5. The minimum Gasteiger partial charge on any atom is -0.459 e. The number of amides is 1. The summed E-state index contributed by atoms with van der Waals surface area (Å²) in [7, 11) is 0. The van der Waals surface area contributed by atoms with Crippen molar-refractivity contribution in [2.75, 3.05) is 6.54 Å². The van der Waals surface area contributed by atoms with E-state index >= 15 is 0 Å². The maximum absolute atomic E-state index is 12.5. The Hall–Kier alpha value is -2.82. The van der Waals surface area contributed by atoms with Crippen LogP contribution < -0.4 is 0 Å². The second-order valence-electron chi connectivity index (χ2n) is 8.00. The SMILES string of the molecule is CC(C)(C)OC(=O)N1CCC[C@H]1C(=O)OCc1ccc(-c2ccccc2)cc1. The third-order valence-electron chi connectivity index (χ3n) is 4.60. The lowest BCUT2D eigenvalue weighted by Crippen LogP contribution is -2.44. The van der Waals surface area contributed by atoms with Gasteiger partial charge in [-0.05, 0) is 50.3 Å². The van der Waals surface area contributed by atoms with Gasteiger partial charge in [-0.3, -0.25) is 4.90 Å². The Morgan fingerprint density at radius 1 is 1.00 bits per heavy atom. The molecule has 0 aliphatic carbocycles. The molecule has 1 amide bonds. The fourth-order valence-electron chi connectivity index (χ4n) is 3.23. The number of benzene rings is 2. The Bertz CT molecular complexity index is 809. The summed E-state index contributed by atoms with van der Waals surface area (Å²) >= 11 is 0. The molecular weight excluding hydrogens is 354 g/mol. The van der Waals surface area contributed by atoms with E-state index in [1.54, 1.807) is 0 Å². The average Bonchev–Trinajstić information content (AvgIpc) is 3.16. The van der Waals surface area contributed by atoms with Gasteiger partial charge in [0.1, 0.15) is 18.2 Å². The van der Waals surface area contributed by atoms with E-state index in [0.29, 0.717) is 13.0 Å². The molecule has 0 N–H and O–H groups in total. The van der Waals surface area contributed by atoms with Crippen LogP contribution in [0.25, 0.3) is 11.1 Å². The van der Waals surface area contributed by atoms with Gasteiger partial charge >= 0.3 is 12.1 Å². The topological polar surface area (TPSA) is 55.8 Å². The zero-order chi connectivity index (χ0) is 20.1. The highest BCUT2D eigenvalue weighted by atomic mass is 16.6. The van der Waals surface area contributed by atoms with Gasteiger partial charge in [0.2, 0.25) is 0 Å². The van der Waals surface area contributed by atoms with Crippen LogP contribution in [0, 0.1) is 0 Å². The Labute approximate surface area is 166 Å². The number of carbonyl (C=O) groups excluding carboxylic acids is 2. The van der Waals surface area contributed by atoms with Crippen molar-refractivity contribution in [3.8, 4) is 11.1 Å².